The van der Waals surface area contributed by atoms with E-state index in [1.807, 2.05) is 34.7 Å². The van der Waals surface area contributed by atoms with Crippen LogP contribution >= 0.6 is 11.3 Å². The van der Waals surface area contributed by atoms with E-state index in [0.29, 0.717) is 23.8 Å². The summed E-state index contributed by atoms with van der Waals surface area (Å²) in [5, 5.41) is 4.91. The van der Waals surface area contributed by atoms with Gasteiger partial charge in [0.15, 0.2) is 0 Å². The summed E-state index contributed by atoms with van der Waals surface area (Å²) >= 11 is 1.38. The van der Waals surface area contributed by atoms with E-state index in [1.54, 1.807) is 12.3 Å². The van der Waals surface area contributed by atoms with Crippen molar-refractivity contribution in [2.45, 2.75) is 57.5 Å². The van der Waals surface area contributed by atoms with Crippen LogP contribution in [0.4, 0.5) is 0 Å². The summed E-state index contributed by atoms with van der Waals surface area (Å²) in [5.41, 5.74) is 3.35. The molecule has 0 saturated carbocycles. The second-order valence-electron chi connectivity index (χ2n) is 8.93. The molecule has 0 bridgehead atoms. The smallest absolute Gasteiger partial charge is 0.262 e. The molecule has 0 unspecified atom stereocenters. The number of likely N-dealkylation sites (tertiary alicyclic amines) is 1. The lowest BCUT2D eigenvalue weighted by atomic mass is 9.94. The van der Waals surface area contributed by atoms with Crippen molar-refractivity contribution in [2.75, 3.05) is 6.54 Å². The van der Waals surface area contributed by atoms with E-state index in [2.05, 4.69) is 48.4 Å². The number of benzene rings is 1. The van der Waals surface area contributed by atoms with E-state index in [1.165, 1.54) is 16.9 Å². The molecule has 6 heteroatoms. The number of hydrogen-bond acceptors (Lipinski definition) is 4. The Labute approximate surface area is 199 Å². The van der Waals surface area contributed by atoms with Gasteiger partial charge < -0.3 is 10.2 Å². The highest BCUT2D eigenvalue weighted by Crippen LogP contribution is 2.31. The van der Waals surface area contributed by atoms with Crippen molar-refractivity contribution in [3.8, 4) is 0 Å². The summed E-state index contributed by atoms with van der Waals surface area (Å²) in [7, 11) is 0. The molecule has 0 radical (unpaired) electrons. The molecule has 1 saturated heterocycles. The number of pyridine rings is 1. The zero-order valence-corrected chi connectivity index (χ0v) is 20.1. The Morgan fingerprint density at radius 3 is 2.61 bits per heavy atom. The number of rotatable bonds is 7. The van der Waals surface area contributed by atoms with E-state index in [0.717, 1.165) is 30.4 Å². The molecule has 1 aliphatic heterocycles. The molecule has 172 valence electrons. The van der Waals surface area contributed by atoms with E-state index >= 15 is 0 Å². The Morgan fingerprint density at radius 2 is 1.94 bits per heavy atom. The van der Waals surface area contributed by atoms with Crippen LogP contribution in [-0.4, -0.2) is 34.3 Å². The Bertz CT molecular complexity index is 1050. The summed E-state index contributed by atoms with van der Waals surface area (Å²) in [6.07, 6.45) is 7.02. The molecule has 2 atom stereocenters. The maximum atomic E-state index is 13.9. The molecule has 1 aromatic carbocycles. The Hall–Kier alpha value is -2.99. The van der Waals surface area contributed by atoms with Crippen LogP contribution in [0, 0.1) is 0 Å². The van der Waals surface area contributed by atoms with Gasteiger partial charge in [0.05, 0.1) is 10.9 Å². The quantitative estimate of drug-likeness (QED) is 0.515. The first kappa shape index (κ1) is 23.2. The number of nitrogens with zero attached hydrogens (tertiary/aromatic N) is 2. The fourth-order valence-corrected chi connectivity index (χ4v) is 5.05. The highest BCUT2D eigenvalue weighted by molar-refractivity contribution is 7.12. The first-order valence-electron chi connectivity index (χ1n) is 11.7. The molecule has 1 fully saturated rings. The molecule has 3 aromatic rings. The monoisotopic (exact) mass is 461 g/mol. The molecule has 4 rings (SSSR count). The van der Waals surface area contributed by atoms with Gasteiger partial charge in [-0.3, -0.25) is 14.6 Å². The van der Waals surface area contributed by atoms with Gasteiger partial charge in [0.25, 0.3) is 5.91 Å². The minimum Gasteiger partial charge on any atom is -0.339 e. The van der Waals surface area contributed by atoms with Crippen LogP contribution in [0.15, 0.2) is 66.3 Å². The number of thiophene rings is 1. The van der Waals surface area contributed by atoms with Gasteiger partial charge in [-0.2, -0.15) is 0 Å². The van der Waals surface area contributed by atoms with Crippen molar-refractivity contribution in [3.63, 3.8) is 0 Å². The Kier molecular flexibility index (Phi) is 7.55. The van der Waals surface area contributed by atoms with Gasteiger partial charge in [0.1, 0.15) is 6.04 Å². The molecule has 3 heterocycles. The third kappa shape index (κ3) is 5.69. The van der Waals surface area contributed by atoms with Crippen LogP contribution < -0.4 is 5.32 Å². The van der Waals surface area contributed by atoms with Crippen molar-refractivity contribution in [1.29, 1.82) is 0 Å². The number of amides is 2. The van der Waals surface area contributed by atoms with E-state index < -0.39 is 6.04 Å². The molecule has 5 nitrogen and oxygen atoms in total. The summed E-state index contributed by atoms with van der Waals surface area (Å²) in [5.74, 6) is 0.224. The highest BCUT2D eigenvalue weighted by Gasteiger charge is 2.33. The van der Waals surface area contributed by atoms with Gasteiger partial charge in [-0.1, -0.05) is 50.2 Å². The Balaban J connectivity index is 1.59. The third-order valence-electron chi connectivity index (χ3n) is 6.29. The normalized spacial score (nSPS) is 17.1. The molecule has 1 N–H and O–H groups in total. The summed E-state index contributed by atoms with van der Waals surface area (Å²) < 4.78 is 0. The maximum Gasteiger partial charge on any atom is 0.262 e. The number of aromatic nitrogens is 1. The predicted octanol–water partition coefficient (Wildman–Crippen LogP) is 5.36. The van der Waals surface area contributed by atoms with E-state index in [9.17, 15) is 9.59 Å². The average molecular weight is 462 g/mol. The SMILES string of the molecule is CC(C)c1ccc(C[C@H](NC(=O)c2cccs2)C(=O)N2CCCC[C@@H]2c2cccnc2)cc1. The van der Waals surface area contributed by atoms with Gasteiger partial charge >= 0.3 is 0 Å². The minimum atomic E-state index is -0.623. The lowest BCUT2D eigenvalue weighted by molar-refractivity contribution is -0.137. The zero-order valence-electron chi connectivity index (χ0n) is 19.2. The summed E-state index contributed by atoms with van der Waals surface area (Å²) in [6, 6.07) is 15.3. The molecular weight excluding hydrogens is 430 g/mol. The van der Waals surface area contributed by atoms with Crippen molar-refractivity contribution in [1.82, 2.24) is 15.2 Å². The first-order valence-corrected chi connectivity index (χ1v) is 12.5. The van der Waals surface area contributed by atoms with Gasteiger partial charge in [0.2, 0.25) is 5.91 Å². The van der Waals surface area contributed by atoms with Gasteiger partial charge in [-0.05, 0) is 59.4 Å². The zero-order chi connectivity index (χ0) is 23.2. The van der Waals surface area contributed by atoms with E-state index in [-0.39, 0.29) is 17.9 Å². The van der Waals surface area contributed by atoms with Crippen LogP contribution in [0.2, 0.25) is 0 Å². The van der Waals surface area contributed by atoms with Crippen molar-refractivity contribution >= 4 is 23.2 Å². The number of carbonyl (C=O) groups excluding carboxylic acids is 2. The van der Waals surface area contributed by atoms with Crippen LogP contribution in [0.1, 0.15) is 71.4 Å². The molecule has 0 aliphatic carbocycles. The number of nitrogens with one attached hydrogen (secondary N) is 1. The van der Waals surface area contributed by atoms with Gasteiger partial charge in [-0.25, -0.2) is 0 Å². The lowest BCUT2D eigenvalue weighted by Crippen LogP contribution is -2.51. The molecule has 2 aromatic heterocycles. The van der Waals surface area contributed by atoms with Crippen LogP contribution in [-0.2, 0) is 11.2 Å². The molecule has 1 aliphatic rings. The second-order valence-corrected chi connectivity index (χ2v) is 9.88. The van der Waals surface area contributed by atoms with E-state index in [4.69, 9.17) is 0 Å². The molecule has 2 amide bonds. The fourth-order valence-electron chi connectivity index (χ4n) is 4.43. The predicted molar refractivity (Wildman–Crippen MR) is 132 cm³/mol. The molecule has 0 spiro atoms. The van der Waals surface area contributed by atoms with Crippen LogP contribution in [0.5, 0.6) is 0 Å². The highest BCUT2D eigenvalue weighted by atomic mass is 32.1. The number of hydrogen-bond donors (Lipinski definition) is 1. The maximum absolute atomic E-state index is 13.9. The van der Waals surface area contributed by atoms with Crippen molar-refractivity contribution in [3.05, 3.63) is 87.9 Å². The molecular formula is C27H31N3O2S. The topological polar surface area (TPSA) is 62.3 Å². The standard InChI is InChI=1S/C27H31N3O2S/c1-19(2)21-12-10-20(11-13-21)17-23(29-26(31)25-9-6-16-33-25)27(32)30-15-4-3-8-24(30)22-7-5-14-28-18-22/h5-7,9-14,16,18-19,23-24H,3-4,8,15,17H2,1-2H3,(H,29,31)/t23-,24+/m0/s1. The third-order valence-corrected chi connectivity index (χ3v) is 7.16. The number of piperidine rings is 1. The van der Waals surface area contributed by atoms with Crippen LogP contribution in [0.25, 0.3) is 0 Å². The van der Waals surface area contributed by atoms with Crippen molar-refractivity contribution in [2.24, 2.45) is 0 Å². The van der Waals surface area contributed by atoms with Crippen molar-refractivity contribution < 1.29 is 9.59 Å². The molecule has 33 heavy (non-hydrogen) atoms. The van der Waals surface area contributed by atoms with Gasteiger partial charge in [-0.15, -0.1) is 11.3 Å². The average Bonchev–Trinajstić information content (AvgIpc) is 3.39. The fraction of sp³-hybridized carbons (Fsp3) is 0.370. The summed E-state index contributed by atoms with van der Waals surface area (Å²) in [4.78, 5) is 33.6. The van der Waals surface area contributed by atoms with Gasteiger partial charge in [0, 0.05) is 25.4 Å². The lowest BCUT2D eigenvalue weighted by Gasteiger charge is -2.38. The van der Waals surface area contributed by atoms with Crippen LogP contribution in [0.3, 0.4) is 0 Å². The second kappa shape index (κ2) is 10.8. The number of carbonyl (C=O) groups is 2. The summed E-state index contributed by atoms with van der Waals surface area (Å²) in [6.45, 7) is 5.02. The minimum absolute atomic E-state index is 0.00981. The Morgan fingerprint density at radius 1 is 1.12 bits per heavy atom. The largest absolute Gasteiger partial charge is 0.339 e. The first-order chi connectivity index (χ1) is 16.0.